The number of aliphatic hydroxyl groups is 2. The highest BCUT2D eigenvalue weighted by Gasteiger charge is 2.52. The normalized spacial score (nSPS) is 31.5. The number of ether oxygens (including phenoxy) is 2. The van der Waals surface area contributed by atoms with E-state index in [-0.39, 0.29) is 11.8 Å². The van der Waals surface area contributed by atoms with Crippen LogP contribution in [0.3, 0.4) is 0 Å². The quantitative estimate of drug-likeness (QED) is 0.892. The summed E-state index contributed by atoms with van der Waals surface area (Å²) >= 11 is 0. The van der Waals surface area contributed by atoms with Crippen LogP contribution in [-0.4, -0.2) is 55.1 Å². The molecule has 3 rings (SSSR count). The lowest BCUT2D eigenvalue weighted by molar-refractivity contribution is 0.0456. The average Bonchev–Trinajstić information content (AvgIpc) is 2.84. The Morgan fingerprint density at radius 3 is 2.64 bits per heavy atom. The largest absolute Gasteiger partial charge is 0.513 e. The SMILES string of the molecule is COc1ccc([C@@]23C=C(O)CC(O)C2N(C)CC3)cc1OC. The van der Waals surface area contributed by atoms with E-state index in [1.165, 1.54) is 0 Å². The summed E-state index contributed by atoms with van der Waals surface area (Å²) in [6, 6.07) is 5.79. The zero-order valence-corrected chi connectivity index (χ0v) is 13.2. The first-order valence-corrected chi connectivity index (χ1v) is 7.53. The molecule has 1 fully saturated rings. The summed E-state index contributed by atoms with van der Waals surface area (Å²) in [7, 11) is 5.24. The lowest BCUT2D eigenvalue weighted by atomic mass is 9.68. The Morgan fingerprint density at radius 1 is 1.23 bits per heavy atom. The molecule has 5 heteroatoms. The van der Waals surface area contributed by atoms with Crippen molar-refractivity contribution in [3.8, 4) is 11.5 Å². The summed E-state index contributed by atoms with van der Waals surface area (Å²) in [6.45, 7) is 0.875. The highest BCUT2D eigenvalue weighted by Crippen LogP contribution is 2.48. The summed E-state index contributed by atoms with van der Waals surface area (Å²) in [5.74, 6) is 1.60. The van der Waals surface area contributed by atoms with Gasteiger partial charge in [0.25, 0.3) is 0 Å². The van der Waals surface area contributed by atoms with Gasteiger partial charge in [-0.15, -0.1) is 0 Å². The summed E-state index contributed by atoms with van der Waals surface area (Å²) in [6.07, 6.45) is 2.50. The van der Waals surface area contributed by atoms with Gasteiger partial charge in [0.2, 0.25) is 0 Å². The van der Waals surface area contributed by atoms with Crippen LogP contribution in [0.25, 0.3) is 0 Å². The topological polar surface area (TPSA) is 62.2 Å². The second-order valence-electron chi connectivity index (χ2n) is 6.19. The van der Waals surface area contributed by atoms with Crippen LogP contribution in [0, 0.1) is 0 Å². The number of methoxy groups -OCH3 is 2. The van der Waals surface area contributed by atoms with Gasteiger partial charge >= 0.3 is 0 Å². The minimum atomic E-state index is -0.578. The smallest absolute Gasteiger partial charge is 0.161 e. The lowest BCUT2D eigenvalue weighted by Gasteiger charge is -2.41. The van der Waals surface area contributed by atoms with Gasteiger partial charge in [0.1, 0.15) is 0 Å². The van der Waals surface area contributed by atoms with E-state index in [9.17, 15) is 10.2 Å². The molecule has 120 valence electrons. The van der Waals surface area contributed by atoms with E-state index in [0.29, 0.717) is 17.9 Å². The van der Waals surface area contributed by atoms with E-state index in [0.717, 1.165) is 18.5 Å². The Kier molecular flexibility index (Phi) is 3.78. The molecule has 1 aliphatic carbocycles. The number of hydrogen-bond donors (Lipinski definition) is 2. The monoisotopic (exact) mass is 305 g/mol. The predicted octanol–water partition coefficient (Wildman–Crippen LogP) is 1.85. The molecule has 0 saturated carbocycles. The van der Waals surface area contributed by atoms with Gasteiger partial charge < -0.3 is 19.7 Å². The summed E-state index contributed by atoms with van der Waals surface area (Å²) < 4.78 is 10.7. The van der Waals surface area contributed by atoms with Crippen LogP contribution in [0.4, 0.5) is 0 Å². The van der Waals surface area contributed by atoms with E-state index < -0.39 is 11.5 Å². The first kappa shape index (κ1) is 15.2. The lowest BCUT2D eigenvalue weighted by Crippen LogP contribution is -2.50. The fourth-order valence-corrected chi connectivity index (χ4v) is 4.04. The Bertz CT molecular complexity index is 600. The molecule has 0 aromatic heterocycles. The van der Waals surface area contributed by atoms with Gasteiger partial charge in [-0.05, 0) is 43.8 Å². The predicted molar refractivity (Wildman–Crippen MR) is 83.6 cm³/mol. The fourth-order valence-electron chi connectivity index (χ4n) is 4.04. The van der Waals surface area contributed by atoms with E-state index in [1.807, 2.05) is 31.3 Å². The molecule has 2 aliphatic rings. The minimum Gasteiger partial charge on any atom is -0.513 e. The molecule has 22 heavy (non-hydrogen) atoms. The van der Waals surface area contributed by atoms with E-state index in [1.54, 1.807) is 14.2 Å². The molecule has 0 amide bonds. The molecule has 1 aromatic rings. The molecule has 0 radical (unpaired) electrons. The van der Waals surface area contributed by atoms with Crippen LogP contribution < -0.4 is 9.47 Å². The highest BCUT2D eigenvalue weighted by molar-refractivity contribution is 5.49. The maximum Gasteiger partial charge on any atom is 0.161 e. The van der Waals surface area contributed by atoms with Crippen molar-refractivity contribution in [2.75, 3.05) is 27.8 Å². The van der Waals surface area contributed by atoms with Crippen LogP contribution in [-0.2, 0) is 5.41 Å². The van der Waals surface area contributed by atoms with Crippen molar-refractivity contribution in [3.63, 3.8) is 0 Å². The van der Waals surface area contributed by atoms with Crippen molar-refractivity contribution in [2.45, 2.75) is 30.4 Å². The zero-order valence-electron chi connectivity index (χ0n) is 13.2. The van der Waals surface area contributed by atoms with Crippen LogP contribution in [0.15, 0.2) is 30.0 Å². The highest BCUT2D eigenvalue weighted by atomic mass is 16.5. The average molecular weight is 305 g/mol. The van der Waals surface area contributed by atoms with Crippen LogP contribution >= 0.6 is 0 Å². The van der Waals surface area contributed by atoms with E-state index >= 15 is 0 Å². The van der Waals surface area contributed by atoms with Gasteiger partial charge in [-0.3, -0.25) is 4.90 Å². The standard InChI is InChI=1S/C17H23NO4/c1-18-7-6-17(10-12(19)9-13(20)16(17)18)11-4-5-14(21-2)15(8-11)22-3/h4-5,8,10,13,16,19-20H,6-7,9H2,1-3H3/t13?,16?,17-/m1/s1. The number of likely N-dealkylation sites (N-methyl/N-ethyl adjacent to an activating group) is 1. The minimum absolute atomic E-state index is 0.0403. The van der Waals surface area contributed by atoms with Gasteiger partial charge in [0.05, 0.1) is 26.1 Å². The van der Waals surface area contributed by atoms with Gasteiger partial charge in [-0.25, -0.2) is 0 Å². The number of fused-ring (bicyclic) bond motifs is 1. The number of aliphatic hydroxyl groups excluding tert-OH is 2. The Morgan fingerprint density at radius 2 is 1.95 bits per heavy atom. The maximum atomic E-state index is 10.5. The number of rotatable bonds is 3. The molecule has 5 nitrogen and oxygen atoms in total. The molecule has 1 aromatic carbocycles. The number of benzene rings is 1. The van der Waals surface area contributed by atoms with Gasteiger partial charge in [-0.1, -0.05) is 6.07 Å². The van der Waals surface area contributed by atoms with Gasteiger partial charge in [-0.2, -0.15) is 0 Å². The van der Waals surface area contributed by atoms with Crippen LogP contribution in [0.1, 0.15) is 18.4 Å². The van der Waals surface area contributed by atoms with Crippen molar-refractivity contribution in [3.05, 3.63) is 35.6 Å². The Hall–Kier alpha value is -1.72. The van der Waals surface area contributed by atoms with Crippen molar-refractivity contribution in [1.29, 1.82) is 0 Å². The molecule has 3 atom stereocenters. The first-order valence-electron chi connectivity index (χ1n) is 7.53. The van der Waals surface area contributed by atoms with Crippen molar-refractivity contribution < 1.29 is 19.7 Å². The number of hydrogen-bond acceptors (Lipinski definition) is 5. The van der Waals surface area contributed by atoms with E-state index in [2.05, 4.69) is 4.90 Å². The summed E-state index contributed by atoms with van der Waals surface area (Å²) in [5, 5.41) is 20.6. The molecular weight excluding hydrogens is 282 g/mol. The Balaban J connectivity index is 2.13. The van der Waals surface area contributed by atoms with E-state index in [4.69, 9.17) is 9.47 Å². The fraction of sp³-hybridized carbons (Fsp3) is 0.529. The molecule has 0 spiro atoms. The third kappa shape index (κ3) is 2.16. The molecule has 1 aliphatic heterocycles. The third-order valence-corrected chi connectivity index (χ3v) is 5.01. The Labute approximate surface area is 130 Å². The molecule has 0 bridgehead atoms. The van der Waals surface area contributed by atoms with Gasteiger partial charge in [0.15, 0.2) is 11.5 Å². The molecule has 1 heterocycles. The first-order chi connectivity index (χ1) is 10.5. The van der Waals surface area contributed by atoms with Crippen LogP contribution in [0.5, 0.6) is 11.5 Å². The maximum absolute atomic E-state index is 10.5. The van der Waals surface area contributed by atoms with Crippen LogP contribution in [0.2, 0.25) is 0 Å². The molecule has 1 saturated heterocycles. The number of likely N-dealkylation sites (tertiary alicyclic amines) is 1. The second kappa shape index (κ2) is 5.48. The summed E-state index contributed by atoms with van der Waals surface area (Å²) in [5.41, 5.74) is 0.639. The number of nitrogens with zero attached hydrogens (tertiary/aromatic N) is 1. The van der Waals surface area contributed by atoms with Crippen molar-refractivity contribution in [2.24, 2.45) is 0 Å². The second-order valence-corrected chi connectivity index (χ2v) is 6.19. The molecule has 2 N–H and O–H groups in total. The third-order valence-electron chi connectivity index (χ3n) is 5.01. The molecule has 2 unspecified atom stereocenters. The van der Waals surface area contributed by atoms with Gasteiger partial charge in [0, 0.05) is 17.9 Å². The summed E-state index contributed by atoms with van der Waals surface area (Å²) in [4.78, 5) is 2.17. The van der Waals surface area contributed by atoms with Crippen molar-refractivity contribution >= 4 is 0 Å². The zero-order chi connectivity index (χ0) is 15.9. The molecular formula is C17H23NO4. The van der Waals surface area contributed by atoms with Crippen molar-refractivity contribution in [1.82, 2.24) is 4.90 Å².